The molecule has 3 rings (SSSR count). The Bertz CT molecular complexity index is 1090. The Morgan fingerprint density at radius 2 is 1.93 bits per heavy atom. The van der Waals surface area contributed by atoms with E-state index in [1.807, 2.05) is 19.9 Å². The standard InChI is InChI=1S/C23H22N2O5/c1-4-11-29-20-9-7-16(12-21(20)28-6-3)15-24-25-23(26)22-14-17-13-18(27-5-2)8-10-19(17)30-22/h1,7-10,12-15H,5-6,11H2,2-3H3,(H,25,26)/b24-15+. The smallest absolute Gasteiger partial charge is 0.307 e. The van der Waals surface area contributed by atoms with E-state index in [9.17, 15) is 4.79 Å². The van der Waals surface area contributed by atoms with Crippen molar-refractivity contribution in [1.29, 1.82) is 0 Å². The number of hydrogen-bond donors (Lipinski definition) is 1. The van der Waals surface area contributed by atoms with Gasteiger partial charge in [-0.1, -0.05) is 5.92 Å². The Hall–Kier alpha value is -3.92. The lowest BCUT2D eigenvalue weighted by molar-refractivity contribution is 0.0929. The van der Waals surface area contributed by atoms with Crippen LogP contribution in [0.15, 0.2) is 52.0 Å². The molecular weight excluding hydrogens is 384 g/mol. The van der Waals surface area contributed by atoms with Gasteiger partial charge in [0.25, 0.3) is 0 Å². The molecule has 0 aliphatic carbocycles. The first-order chi connectivity index (χ1) is 14.6. The number of hydrogen-bond acceptors (Lipinski definition) is 6. The fourth-order valence-corrected chi connectivity index (χ4v) is 2.72. The van der Waals surface area contributed by atoms with Gasteiger partial charge in [-0.3, -0.25) is 4.79 Å². The summed E-state index contributed by atoms with van der Waals surface area (Å²) >= 11 is 0. The van der Waals surface area contributed by atoms with Crippen molar-refractivity contribution in [2.75, 3.05) is 19.8 Å². The molecule has 7 heteroatoms. The molecule has 0 unspecified atom stereocenters. The van der Waals surface area contributed by atoms with E-state index in [0.29, 0.717) is 30.3 Å². The van der Waals surface area contributed by atoms with Crippen LogP contribution in [0.3, 0.4) is 0 Å². The van der Waals surface area contributed by atoms with Crippen LogP contribution in [0, 0.1) is 12.3 Å². The van der Waals surface area contributed by atoms with Gasteiger partial charge < -0.3 is 18.6 Å². The fraction of sp³-hybridized carbons (Fsp3) is 0.217. The molecule has 2 aromatic carbocycles. The summed E-state index contributed by atoms with van der Waals surface area (Å²) in [5, 5.41) is 4.77. The second-order valence-corrected chi connectivity index (χ2v) is 6.07. The van der Waals surface area contributed by atoms with Crippen molar-refractivity contribution in [3.05, 3.63) is 53.8 Å². The number of carbonyl (C=O) groups excluding carboxylic acids is 1. The van der Waals surface area contributed by atoms with E-state index in [2.05, 4.69) is 16.4 Å². The summed E-state index contributed by atoms with van der Waals surface area (Å²) in [6, 6.07) is 12.3. The average Bonchev–Trinajstić information content (AvgIpc) is 3.17. The highest BCUT2D eigenvalue weighted by Gasteiger charge is 2.12. The van der Waals surface area contributed by atoms with Gasteiger partial charge in [-0.05, 0) is 61.9 Å². The monoisotopic (exact) mass is 406 g/mol. The second kappa shape index (κ2) is 10.0. The molecule has 154 valence electrons. The lowest BCUT2D eigenvalue weighted by Gasteiger charge is -2.10. The van der Waals surface area contributed by atoms with E-state index in [4.69, 9.17) is 25.1 Å². The van der Waals surface area contributed by atoms with E-state index in [0.717, 1.165) is 16.7 Å². The van der Waals surface area contributed by atoms with Gasteiger partial charge in [0, 0.05) is 5.39 Å². The maximum absolute atomic E-state index is 12.3. The number of nitrogens with one attached hydrogen (secondary N) is 1. The second-order valence-electron chi connectivity index (χ2n) is 6.07. The molecule has 0 aliphatic heterocycles. The highest BCUT2D eigenvalue weighted by Crippen LogP contribution is 2.28. The average molecular weight is 406 g/mol. The maximum Gasteiger partial charge on any atom is 0.307 e. The van der Waals surface area contributed by atoms with Gasteiger partial charge in [-0.2, -0.15) is 5.10 Å². The molecule has 1 heterocycles. The molecule has 3 aromatic rings. The Kier molecular flexibility index (Phi) is 6.95. The number of furan rings is 1. The quantitative estimate of drug-likeness (QED) is 0.330. The number of rotatable bonds is 9. The van der Waals surface area contributed by atoms with Crippen LogP contribution in [-0.2, 0) is 0 Å². The van der Waals surface area contributed by atoms with Crippen molar-refractivity contribution in [2.45, 2.75) is 13.8 Å². The third-order valence-electron chi connectivity index (χ3n) is 3.98. The Balaban J connectivity index is 1.68. The zero-order valence-electron chi connectivity index (χ0n) is 16.8. The first-order valence-electron chi connectivity index (χ1n) is 9.47. The number of terminal acetylenes is 1. The van der Waals surface area contributed by atoms with Gasteiger partial charge in [0.2, 0.25) is 0 Å². The van der Waals surface area contributed by atoms with Crippen molar-refractivity contribution < 1.29 is 23.4 Å². The van der Waals surface area contributed by atoms with Crippen molar-refractivity contribution in [2.24, 2.45) is 5.10 Å². The molecule has 0 bridgehead atoms. The fourth-order valence-electron chi connectivity index (χ4n) is 2.72. The summed E-state index contributed by atoms with van der Waals surface area (Å²) in [5.41, 5.74) is 3.77. The molecule has 0 spiro atoms. The van der Waals surface area contributed by atoms with Crippen LogP contribution < -0.4 is 19.6 Å². The van der Waals surface area contributed by atoms with Gasteiger partial charge in [0.1, 0.15) is 17.9 Å². The third-order valence-corrected chi connectivity index (χ3v) is 3.98. The lowest BCUT2D eigenvalue weighted by Crippen LogP contribution is -2.16. The molecule has 0 aliphatic rings. The van der Waals surface area contributed by atoms with Crippen LogP contribution in [0.25, 0.3) is 11.0 Å². The zero-order valence-corrected chi connectivity index (χ0v) is 16.8. The number of carbonyl (C=O) groups is 1. The van der Waals surface area contributed by atoms with E-state index in [1.54, 1.807) is 36.4 Å². The minimum Gasteiger partial charge on any atom is -0.494 e. The lowest BCUT2D eigenvalue weighted by atomic mass is 10.2. The normalized spacial score (nSPS) is 10.7. The molecular formula is C23H22N2O5. The van der Waals surface area contributed by atoms with Gasteiger partial charge in [0.15, 0.2) is 17.3 Å². The number of amides is 1. The van der Waals surface area contributed by atoms with E-state index >= 15 is 0 Å². The summed E-state index contributed by atoms with van der Waals surface area (Å²) in [6.07, 6.45) is 6.73. The van der Waals surface area contributed by atoms with Crippen LogP contribution in [-0.4, -0.2) is 31.9 Å². The Labute approximate surface area is 174 Å². The van der Waals surface area contributed by atoms with E-state index in [-0.39, 0.29) is 12.4 Å². The number of nitrogens with zero attached hydrogens (tertiary/aromatic N) is 1. The summed E-state index contributed by atoms with van der Waals surface area (Å²) in [5.74, 6) is 3.92. The van der Waals surface area contributed by atoms with E-state index in [1.165, 1.54) is 6.21 Å². The van der Waals surface area contributed by atoms with Crippen LogP contribution in [0.2, 0.25) is 0 Å². The number of hydrazone groups is 1. The van der Waals surface area contributed by atoms with Crippen molar-refractivity contribution in [3.8, 4) is 29.6 Å². The van der Waals surface area contributed by atoms with Gasteiger partial charge in [-0.15, -0.1) is 6.42 Å². The molecule has 7 nitrogen and oxygen atoms in total. The predicted molar refractivity (Wildman–Crippen MR) is 114 cm³/mol. The van der Waals surface area contributed by atoms with Gasteiger partial charge >= 0.3 is 5.91 Å². The number of benzene rings is 2. The van der Waals surface area contributed by atoms with Crippen LogP contribution >= 0.6 is 0 Å². The largest absolute Gasteiger partial charge is 0.494 e. The van der Waals surface area contributed by atoms with Crippen molar-refractivity contribution in [1.82, 2.24) is 5.43 Å². The maximum atomic E-state index is 12.3. The summed E-state index contributed by atoms with van der Waals surface area (Å²) in [6.45, 7) is 4.96. The summed E-state index contributed by atoms with van der Waals surface area (Å²) in [7, 11) is 0. The molecule has 0 saturated carbocycles. The highest BCUT2D eigenvalue weighted by molar-refractivity contribution is 5.96. The molecule has 30 heavy (non-hydrogen) atoms. The molecule has 1 aromatic heterocycles. The van der Waals surface area contributed by atoms with Gasteiger partial charge in [0.05, 0.1) is 19.4 Å². The molecule has 1 amide bonds. The predicted octanol–water partition coefficient (Wildman–Crippen LogP) is 4.01. The summed E-state index contributed by atoms with van der Waals surface area (Å²) < 4.78 is 22.1. The first-order valence-corrected chi connectivity index (χ1v) is 9.47. The molecule has 0 fully saturated rings. The minimum absolute atomic E-state index is 0.146. The number of ether oxygens (including phenoxy) is 3. The molecule has 1 N–H and O–H groups in total. The van der Waals surface area contributed by atoms with Crippen molar-refractivity contribution >= 4 is 23.1 Å². The molecule has 0 saturated heterocycles. The summed E-state index contributed by atoms with van der Waals surface area (Å²) in [4.78, 5) is 12.3. The Morgan fingerprint density at radius 3 is 2.70 bits per heavy atom. The van der Waals surface area contributed by atoms with Crippen LogP contribution in [0.4, 0.5) is 0 Å². The zero-order chi connectivity index (χ0) is 21.3. The van der Waals surface area contributed by atoms with Crippen LogP contribution in [0.5, 0.6) is 17.2 Å². The number of fused-ring (bicyclic) bond motifs is 1. The topological polar surface area (TPSA) is 82.3 Å². The van der Waals surface area contributed by atoms with Crippen LogP contribution in [0.1, 0.15) is 30.0 Å². The highest BCUT2D eigenvalue weighted by atomic mass is 16.5. The third kappa shape index (κ3) is 5.11. The van der Waals surface area contributed by atoms with Gasteiger partial charge in [-0.25, -0.2) is 5.43 Å². The Morgan fingerprint density at radius 1 is 1.10 bits per heavy atom. The minimum atomic E-state index is -0.459. The molecule has 0 radical (unpaired) electrons. The SMILES string of the molecule is C#CCOc1ccc(/C=N/NC(=O)c2cc3cc(OCC)ccc3o2)cc1OCC. The molecule has 0 atom stereocenters. The first kappa shape index (κ1) is 20.8. The van der Waals surface area contributed by atoms with Crippen molar-refractivity contribution in [3.63, 3.8) is 0 Å². The van der Waals surface area contributed by atoms with E-state index < -0.39 is 5.91 Å².